The van der Waals surface area contributed by atoms with Crippen molar-refractivity contribution in [3.05, 3.63) is 52.3 Å². The van der Waals surface area contributed by atoms with Crippen LogP contribution in [-0.2, 0) is 28.9 Å². The number of nitrogens with zero attached hydrogens (tertiary/aromatic N) is 2. The normalized spacial score (nSPS) is 14.8. The molecule has 1 aliphatic heterocycles. The highest BCUT2D eigenvalue weighted by Gasteiger charge is 2.22. The van der Waals surface area contributed by atoms with E-state index in [0.717, 1.165) is 24.2 Å². The highest BCUT2D eigenvalue weighted by Crippen LogP contribution is 2.19. The molecule has 3 rings (SSSR count). The third kappa shape index (κ3) is 6.01. The van der Waals surface area contributed by atoms with Crippen LogP contribution in [0.4, 0.5) is 0 Å². The van der Waals surface area contributed by atoms with Gasteiger partial charge in [-0.3, -0.25) is 14.3 Å². The highest BCUT2D eigenvalue weighted by atomic mass is 16.5. The van der Waals surface area contributed by atoms with Gasteiger partial charge in [0.15, 0.2) is 0 Å². The molecule has 31 heavy (non-hydrogen) atoms. The molecule has 0 aliphatic carbocycles. The van der Waals surface area contributed by atoms with Crippen molar-refractivity contribution < 1.29 is 23.9 Å². The summed E-state index contributed by atoms with van der Waals surface area (Å²) in [5.74, 6) is -0.546. The molecule has 2 aromatic rings. The van der Waals surface area contributed by atoms with Crippen molar-refractivity contribution in [3.63, 3.8) is 0 Å². The van der Waals surface area contributed by atoms with E-state index in [1.54, 1.807) is 18.2 Å². The number of benzene rings is 1. The molecule has 1 aromatic carbocycles. The second kappa shape index (κ2) is 11.4. The Kier molecular flexibility index (Phi) is 8.35. The Hall–Kier alpha value is -3.00. The average molecular weight is 428 g/mol. The van der Waals surface area contributed by atoms with Crippen molar-refractivity contribution in [3.8, 4) is 0 Å². The fourth-order valence-electron chi connectivity index (χ4n) is 3.61. The molecule has 0 radical (unpaired) electrons. The van der Waals surface area contributed by atoms with E-state index in [9.17, 15) is 14.4 Å². The van der Waals surface area contributed by atoms with Gasteiger partial charge in [-0.15, -0.1) is 0 Å². The van der Waals surface area contributed by atoms with Crippen LogP contribution in [0.1, 0.15) is 68.6 Å². The largest absolute Gasteiger partial charge is 0.462 e. The summed E-state index contributed by atoms with van der Waals surface area (Å²) in [5.41, 5.74) is 3.15. The molecule has 0 unspecified atom stereocenters. The summed E-state index contributed by atoms with van der Waals surface area (Å²) in [5, 5.41) is 7.63. The SMILES string of the molecule is CCc1nn(CCCOC(=O)c2cccc(C=O)c2)c2c1C(=O)NCCCOCCC2. The van der Waals surface area contributed by atoms with Gasteiger partial charge in [0.05, 0.1) is 29.1 Å². The quantitative estimate of drug-likeness (QED) is 0.414. The molecule has 8 nitrogen and oxygen atoms in total. The average Bonchev–Trinajstić information content (AvgIpc) is 3.13. The molecule has 0 saturated heterocycles. The molecule has 0 fully saturated rings. The topological polar surface area (TPSA) is 99.5 Å². The number of ether oxygens (including phenoxy) is 2. The van der Waals surface area contributed by atoms with Gasteiger partial charge in [-0.2, -0.15) is 5.10 Å². The predicted molar refractivity (Wildman–Crippen MR) is 114 cm³/mol. The number of nitrogens with one attached hydrogen (secondary N) is 1. The number of rotatable bonds is 7. The molecule has 1 aliphatic rings. The number of amides is 1. The molecule has 166 valence electrons. The molecule has 0 bridgehead atoms. The first-order valence-electron chi connectivity index (χ1n) is 10.8. The molecule has 0 atom stereocenters. The fraction of sp³-hybridized carbons (Fsp3) is 0.478. The summed E-state index contributed by atoms with van der Waals surface area (Å²) < 4.78 is 12.8. The van der Waals surface area contributed by atoms with Crippen LogP contribution in [0.2, 0.25) is 0 Å². The zero-order valence-electron chi connectivity index (χ0n) is 17.9. The summed E-state index contributed by atoms with van der Waals surface area (Å²) in [7, 11) is 0. The van der Waals surface area contributed by atoms with Crippen molar-refractivity contribution in [2.45, 2.75) is 45.6 Å². The van der Waals surface area contributed by atoms with E-state index in [2.05, 4.69) is 10.4 Å². The van der Waals surface area contributed by atoms with E-state index in [0.29, 0.717) is 68.5 Å². The van der Waals surface area contributed by atoms with Gasteiger partial charge in [0, 0.05) is 38.3 Å². The van der Waals surface area contributed by atoms with E-state index < -0.39 is 5.97 Å². The van der Waals surface area contributed by atoms with Gasteiger partial charge in [0.1, 0.15) is 6.29 Å². The Morgan fingerprint density at radius 1 is 1.32 bits per heavy atom. The van der Waals surface area contributed by atoms with Crippen LogP contribution in [-0.4, -0.2) is 54.3 Å². The third-order valence-electron chi connectivity index (χ3n) is 5.15. The van der Waals surface area contributed by atoms with Crippen LogP contribution in [0.15, 0.2) is 24.3 Å². The molecule has 0 spiro atoms. The first-order chi connectivity index (χ1) is 15.1. The number of aldehydes is 1. The van der Waals surface area contributed by atoms with Crippen LogP contribution in [0.25, 0.3) is 0 Å². The lowest BCUT2D eigenvalue weighted by Gasteiger charge is -2.10. The number of hydrogen-bond acceptors (Lipinski definition) is 6. The summed E-state index contributed by atoms with van der Waals surface area (Å²) in [6, 6.07) is 6.41. The van der Waals surface area contributed by atoms with Crippen molar-refractivity contribution in [1.82, 2.24) is 15.1 Å². The number of esters is 1. The maximum atomic E-state index is 12.8. The number of carbonyl (C=O) groups excluding carboxylic acids is 3. The maximum absolute atomic E-state index is 12.8. The number of hydrogen-bond donors (Lipinski definition) is 1. The Bertz CT molecular complexity index is 922. The maximum Gasteiger partial charge on any atom is 0.338 e. The summed E-state index contributed by atoms with van der Waals surface area (Å²) in [6.07, 6.45) is 4.24. The van der Waals surface area contributed by atoms with Crippen LogP contribution < -0.4 is 5.32 Å². The number of carbonyl (C=O) groups is 3. The Balaban J connectivity index is 1.65. The number of fused-ring (bicyclic) bond motifs is 1. The van der Waals surface area contributed by atoms with Gasteiger partial charge >= 0.3 is 5.97 Å². The Labute approximate surface area is 181 Å². The van der Waals surface area contributed by atoms with Crippen LogP contribution >= 0.6 is 0 Å². The van der Waals surface area contributed by atoms with Gasteiger partial charge < -0.3 is 14.8 Å². The first kappa shape index (κ1) is 22.7. The second-order valence-electron chi connectivity index (χ2n) is 7.40. The van der Waals surface area contributed by atoms with Crippen LogP contribution in [0, 0.1) is 0 Å². The van der Waals surface area contributed by atoms with Crippen LogP contribution in [0.5, 0.6) is 0 Å². The molecular weight excluding hydrogens is 398 g/mol. The van der Waals surface area contributed by atoms with E-state index in [4.69, 9.17) is 9.47 Å². The Morgan fingerprint density at radius 2 is 2.16 bits per heavy atom. The fourth-order valence-corrected chi connectivity index (χ4v) is 3.61. The van der Waals surface area contributed by atoms with Gasteiger partial charge in [-0.1, -0.05) is 19.1 Å². The van der Waals surface area contributed by atoms with E-state index in [-0.39, 0.29) is 12.5 Å². The van der Waals surface area contributed by atoms with E-state index in [1.165, 1.54) is 6.07 Å². The molecule has 1 N–H and O–H groups in total. The zero-order chi connectivity index (χ0) is 22.1. The minimum absolute atomic E-state index is 0.0820. The standard InChI is InChI=1S/C23H29N3O5/c1-2-19-21-20(9-4-12-30-13-5-10-24-22(21)28)26(25-19)11-6-14-31-23(29)18-8-3-7-17(15-18)16-27/h3,7-8,15-16H,2,4-6,9-14H2,1H3,(H,24,28). The molecule has 1 amide bonds. The summed E-state index contributed by atoms with van der Waals surface area (Å²) in [4.78, 5) is 35.8. The van der Waals surface area contributed by atoms with Crippen molar-refractivity contribution in [1.29, 1.82) is 0 Å². The van der Waals surface area contributed by atoms with Crippen LogP contribution in [0.3, 0.4) is 0 Å². The Morgan fingerprint density at radius 3 is 2.97 bits per heavy atom. The third-order valence-corrected chi connectivity index (χ3v) is 5.15. The summed E-state index contributed by atoms with van der Waals surface area (Å²) in [6.45, 7) is 4.62. The summed E-state index contributed by atoms with van der Waals surface area (Å²) >= 11 is 0. The second-order valence-corrected chi connectivity index (χ2v) is 7.40. The number of aromatic nitrogens is 2. The first-order valence-corrected chi connectivity index (χ1v) is 10.8. The molecular formula is C23H29N3O5. The van der Waals surface area contributed by atoms with E-state index in [1.807, 2.05) is 11.6 Å². The smallest absolute Gasteiger partial charge is 0.338 e. The van der Waals surface area contributed by atoms with Gasteiger partial charge in [-0.05, 0) is 37.8 Å². The minimum atomic E-state index is -0.464. The van der Waals surface area contributed by atoms with Gasteiger partial charge in [-0.25, -0.2) is 4.79 Å². The molecule has 1 aromatic heterocycles. The van der Waals surface area contributed by atoms with E-state index >= 15 is 0 Å². The molecule has 8 heteroatoms. The lowest BCUT2D eigenvalue weighted by Crippen LogP contribution is -2.26. The van der Waals surface area contributed by atoms with Crippen molar-refractivity contribution in [2.75, 3.05) is 26.4 Å². The number of aryl methyl sites for hydroxylation is 2. The lowest BCUT2D eigenvalue weighted by atomic mass is 10.1. The monoisotopic (exact) mass is 427 g/mol. The molecule has 2 heterocycles. The van der Waals surface area contributed by atoms with Gasteiger partial charge in [0.2, 0.25) is 0 Å². The lowest BCUT2D eigenvalue weighted by molar-refractivity contribution is 0.0494. The highest BCUT2D eigenvalue weighted by molar-refractivity contribution is 5.96. The van der Waals surface area contributed by atoms with Crippen molar-refractivity contribution in [2.24, 2.45) is 0 Å². The predicted octanol–water partition coefficient (Wildman–Crippen LogP) is 2.59. The van der Waals surface area contributed by atoms with Gasteiger partial charge in [0.25, 0.3) is 5.91 Å². The minimum Gasteiger partial charge on any atom is -0.462 e. The van der Waals surface area contributed by atoms with Crippen molar-refractivity contribution >= 4 is 18.2 Å². The molecule has 0 saturated carbocycles. The zero-order valence-corrected chi connectivity index (χ0v) is 17.9.